The number of fused-ring (bicyclic) bond motifs is 5. The van der Waals surface area contributed by atoms with Crippen molar-refractivity contribution in [2.24, 2.45) is 5.92 Å². The summed E-state index contributed by atoms with van der Waals surface area (Å²) in [4.78, 5) is 31.8. The molecule has 1 aromatic heterocycles. The number of nitrogens with zero attached hydrogens (tertiary/aromatic N) is 2. The minimum atomic E-state index is -1.73. The van der Waals surface area contributed by atoms with Gasteiger partial charge in [-0.1, -0.05) is 31.2 Å². The summed E-state index contributed by atoms with van der Waals surface area (Å²) in [6.07, 6.45) is 2.02. The van der Waals surface area contributed by atoms with E-state index in [0.29, 0.717) is 12.1 Å². The van der Waals surface area contributed by atoms with Gasteiger partial charge in [-0.25, -0.2) is 9.78 Å². The largest absolute Gasteiger partial charge is 0.462 e. The molecule has 132 valence electrons. The Balaban J connectivity index is 1.68. The Labute approximate surface area is 150 Å². The Kier molecular flexibility index (Phi) is 3.07. The normalized spacial score (nSPS) is 29.8. The number of amides is 1. The molecule has 0 spiro atoms. The second-order valence-electron chi connectivity index (χ2n) is 7.12. The van der Waals surface area contributed by atoms with Gasteiger partial charge in [0.2, 0.25) is 5.91 Å². The van der Waals surface area contributed by atoms with Gasteiger partial charge < -0.3 is 14.7 Å². The SMILES string of the molecule is CCC1(O)C(=O)OCC2C(=O)N3Cc4cc5ccccc5nc4C3C=C21. The predicted molar refractivity (Wildman–Crippen MR) is 92.8 cm³/mol. The molecule has 6 nitrogen and oxygen atoms in total. The fourth-order valence-electron chi connectivity index (χ4n) is 4.32. The van der Waals surface area contributed by atoms with E-state index < -0.39 is 17.5 Å². The number of aromatic nitrogens is 1. The van der Waals surface area contributed by atoms with Gasteiger partial charge in [0.15, 0.2) is 5.60 Å². The van der Waals surface area contributed by atoms with E-state index in [1.807, 2.05) is 30.3 Å². The summed E-state index contributed by atoms with van der Waals surface area (Å²) in [5.41, 5.74) is 1.43. The molecule has 1 N–H and O–H groups in total. The zero-order chi connectivity index (χ0) is 18.1. The van der Waals surface area contributed by atoms with E-state index in [2.05, 4.69) is 6.07 Å². The molecule has 26 heavy (non-hydrogen) atoms. The van der Waals surface area contributed by atoms with Crippen molar-refractivity contribution in [1.82, 2.24) is 9.88 Å². The van der Waals surface area contributed by atoms with Crippen LogP contribution in [-0.2, 0) is 20.9 Å². The van der Waals surface area contributed by atoms with Crippen LogP contribution >= 0.6 is 0 Å². The van der Waals surface area contributed by atoms with E-state index in [9.17, 15) is 14.7 Å². The van der Waals surface area contributed by atoms with Crippen molar-refractivity contribution in [2.75, 3.05) is 6.61 Å². The predicted octanol–water partition coefficient (Wildman–Crippen LogP) is 1.87. The lowest BCUT2D eigenvalue weighted by Crippen LogP contribution is -2.55. The summed E-state index contributed by atoms with van der Waals surface area (Å²) >= 11 is 0. The monoisotopic (exact) mass is 350 g/mol. The smallest absolute Gasteiger partial charge is 0.342 e. The fraction of sp³-hybridized carbons (Fsp3) is 0.350. The number of cyclic esters (lactones) is 1. The Morgan fingerprint density at radius 2 is 2.15 bits per heavy atom. The second kappa shape index (κ2) is 5.14. The molecule has 4 heterocycles. The van der Waals surface area contributed by atoms with Crippen LogP contribution in [0.2, 0.25) is 0 Å². The topological polar surface area (TPSA) is 79.7 Å². The van der Waals surface area contributed by atoms with Crippen molar-refractivity contribution in [1.29, 1.82) is 0 Å². The number of esters is 1. The molecule has 6 heteroatoms. The number of hydrogen-bond donors (Lipinski definition) is 1. The first kappa shape index (κ1) is 15.5. The number of pyridine rings is 1. The van der Waals surface area contributed by atoms with Gasteiger partial charge in [0.25, 0.3) is 0 Å². The van der Waals surface area contributed by atoms with Crippen LogP contribution in [0, 0.1) is 5.92 Å². The summed E-state index contributed by atoms with van der Waals surface area (Å²) < 4.78 is 5.12. The molecule has 3 atom stereocenters. The average molecular weight is 350 g/mol. The Morgan fingerprint density at radius 1 is 1.35 bits per heavy atom. The molecule has 0 saturated carbocycles. The highest BCUT2D eigenvalue weighted by atomic mass is 16.6. The molecular formula is C20H18N2O4. The van der Waals surface area contributed by atoms with E-state index in [0.717, 1.165) is 22.2 Å². The lowest BCUT2D eigenvalue weighted by molar-refractivity contribution is -0.173. The quantitative estimate of drug-likeness (QED) is 0.627. The van der Waals surface area contributed by atoms with Gasteiger partial charge in [0, 0.05) is 11.9 Å². The van der Waals surface area contributed by atoms with Crippen LogP contribution in [0.1, 0.15) is 30.6 Å². The molecule has 3 aliphatic heterocycles. The Morgan fingerprint density at radius 3 is 2.96 bits per heavy atom. The maximum absolute atomic E-state index is 13.1. The molecule has 5 rings (SSSR count). The maximum Gasteiger partial charge on any atom is 0.342 e. The maximum atomic E-state index is 13.1. The molecule has 0 bridgehead atoms. The minimum absolute atomic E-state index is 0.0131. The highest BCUT2D eigenvalue weighted by molar-refractivity contribution is 5.93. The standard InChI is InChI=1S/C20H18N2O4/c1-2-20(25)14-8-16-17-12(7-11-5-3-4-6-15(11)21-17)9-22(16)18(23)13(14)10-26-19(20)24/h3-8,13,16,25H,2,9-10H2,1H3. The molecular weight excluding hydrogens is 332 g/mol. The van der Waals surface area contributed by atoms with Crippen molar-refractivity contribution in [3.63, 3.8) is 0 Å². The van der Waals surface area contributed by atoms with Gasteiger partial charge >= 0.3 is 5.97 Å². The highest BCUT2D eigenvalue weighted by Crippen LogP contribution is 2.46. The van der Waals surface area contributed by atoms with Crippen molar-refractivity contribution >= 4 is 22.8 Å². The summed E-state index contributed by atoms with van der Waals surface area (Å²) in [6.45, 7) is 2.19. The average Bonchev–Trinajstić information content (AvgIpc) is 3.01. The van der Waals surface area contributed by atoms with Crippen molar-refractivity contribution in [2.45, 2.75) is 31.5 Å². The number of carbonyl (C=O) groups excluding carboxylic acids is 2. The molecule has 0 radical (unpaired) electrons. The van der Waals surface area contributed by atoms with Crippen LogP contribution in [0.15, 0.2) is 42.0 Å². The van der Waals surface area contributed by atoms with E-state index in [1.54, 1.807) is 11.8 Å². The number of para-hydroxylation sites is 1. The van der Waals surface area contributed by atoms with E-state index >= 15 is 0 Å². The zero-order valence-electron chi connectivity index (χ0n) is 14.3. The summed E-state index contributed by atoms with van der Waals surface area (Å²) in [7, 11) is 0. The van der Waals surface area contributed by atoms with E-state index in [4.69, 9.17) is 9.72 Å². The number of ether oxygens (including phenoxy) is 1. The van der Waals surface area contributed by atoms with Gasteiger partial charge in [-0.2, -0.15) is 0 Å². The second-order valence-corrected chi connectivity index (χ2v) is 7.12. The van der Waals surface area contributed by atoms with Crippen LogP contribution in [0.3, 0.4) is 0 Å². The first-order chi connectivity index (χ1) is 12.5. The molecule has 1 amide bonds. The molecule has 1 saturated heterocycles. The van der Waals surface area contributed by atoms with Crippen molar-refractivity contribution in [3.05, 3.63) is 53.2 Å². The van der Waals surface area contributed by atoms with Crippen LogP contribution in [0.25, 0.3) is 10.9 Å². The fourth-order valence-corrected chi connectivity index (χ4v) is 4.32. The first-order valence-electron chi connectivity index (χ1n) is 8.84. The van der Waals surface area contributed by atoms with Crippen LogP contribution in [-0.4, -0.2) is 39.1 Å². The van der Waals surface area contributed by atoms with Gasteiger partial charge in [-0.05, 0) is 29.7 Å². The van der Waals surface area contributed by atoms with Crippen LogP contribution < -0.4 is 0 Å². The molecule has 1 fully saturated rings. The summed E-state index contributed by atoms with van der Waals surface area (Å²) in [6, 6.07) is 9.56. The minimum Gasteiger partial charge on any atom is -0.462 e. The summed E-state index contributed by atoms with van der Waals surface area (Å²) in [5, 5.41) is 11.9. The Bertz CT molecular complexity index is 998. The van der Waals surface area contributed by atoms with Crippen molar-refractivity contribution < 1.29 is 19.4 Å². The third-order valence-electron chi connectivity index (χ3n) is 5.80. The number of hydrogen-bond acceptors (Lipinski definition) is 5. The lowest BCUT2D eigenvalue weighted by atomic mass is 9.76. The third kappa shape index (κ3) is 1.88. The van der Waals surface area contributed by atoms with Gasteiger partial charge in [0.1, 0.15) is 6.61 Å². The number of benzene rings is 1. The highest BCUT2D eigenvalue weighted by Gasteiger charge is 2.54. The van der Waals surface area contributed by atoms with Gasteiger partial charge in [-0.3, -0.25) is 4.79 Å². The molecule has 3 unspecified atom stereocenters. The Hall–Kier alpha value is -2.73. The molecule has 0 aliphatic carbocycles. The van der Waals surface area contributed by atoms with Crippen LogP contribution in [0.4, 0.5) is 0 Å². The zero-order valence-corrected chi connectivity index (χ0v) is 14.3. The molecule has 1 aromatic carbocycles. The molecule has 3 aliphatic rings. The molecule has 2 aromatic rings. The van der Waals surface area contributed by atoms with Crippen molar-refractivity contribution in [3.8, 4) is 0 Å². The number of aliphatic hydroxyl groups is 1. The van der Waals surface area contributed by atoms with Gasteiger partial charge in [-0.15, -0.1) is 0 Å². The number of carbonyl (C=O) groups is 2. The first-order valence-corrected chi connectivity index (χ1v) is 8.84. The van der Waals surface area contributed by atoms with E-state index in [1.165, 1.54) is 0 Å². The third-order valence-corrected chi connectivity index (χ3v) is 5.80. The van der Waals surface area contributed by atoms with E-state index in [-0.39, 0.29) is 25.0 Å². The van der Waals surface area contributed by atoms with Gasteiger partial charge in [0.05, 0.1) is 23.2 Å². The summed E-state index contributed by atoms with van der Waals surface area (Å²) in [5.74, 6) is -1.40. The van der Waals surface area contributed by atoms with Crippen LogP contribution in [0.5, 0.6) is 0 Å². The number of rotatable bonds is 1. The lowest BCUT2D eigenvalue weighted by Gasteiger charge is -2.42.